The molecule has 0 aromatic heterocycles. The fourth-order valence-corrected chi connectivity index (χ4v) is 3.84. The van der Waals surface area contributed by atoms with Crippen LogP contribution < -0.4 is 5.32 Å². The molecule has 2 aromatic carbocycles. The molecule has 0 heterocycles. The summed E-state index contributed by atoms with van der Waals surface area (Å²) in [5, 5.41) is 18.3. The average Bonchev–Trinajstić information content (AvgIpc) is 3.54. The van der Waals surface area contributed by atoms with Gasteiger partial charge in [0.25, 0.3) is 0 Å². The second-order valence-electron chi connectivity index (χ2n) is 8.44. The Morgan fingerprint density at radius 1 is 1.06 bits per heavy atom. The number of carboxylic acid groups (broad SMARTS) is 2. The van der Waals surface area contributed by atoms with Crippen molar-refractivity contribution in [2.24, 2.45) is 5.92 Å². The SMILES string of the molecule is Cc1cc(C)c(C(CNCC2CC2)COCc2c(F)cccc2F)c(C)c1.O=C(O)C(=O)O. The van der Waals surface area contributed by atoms with Crippen molar-refractivity contribution in [1.29, 1.82) is 0 Å². The van der Waals surface area contributed by atoms with Crippen LogP contribution in [0.4, 0.5) is 8.78 Å². The maximum absolute atomic E-state index is 13.8. The molecule has 6 nitrogen and oxygen atoms in total. The van der Waals surface area contributed by atoms with Crippen LogP contribution >= 0.6 is 0 Å². The summed E-state index contributed by atoms with van der Waals surface area (Å²) in [6.07, 6.45) is 2.62. The Kier molecular flexibility index (Phi) is 9.94. The first-order chi connectivity index (χ1) is 15.6. The number of aliphatic carboxylic acids is 2. The van der Waals surface area contributed by atoms with Gasteiger partial charge in [-0.1, -0.05) is 23.8 Å². The van der Waals surface area contributed by atoms with Gasteiger partial charge in [-0.3, -0.25) is 0 Å². The Hall–Kier alpha value is -2.84. The van der Waals surface area contributed by atoms with Gasteiger partial charge in [-0.05, 0) is 74.9 Å². The van der Waals surface area contributed by atoms with Crippen LogP contribution in [-0.4, -0.2) is 41.8 Å². The van der Waals surface area contributed by atoms with E-state index in [2.05, 4.69) is 38.2 Å². The molecule has 0 amide bonds. The zero-order valence-corrected chi connectivity index (χ0v) is 19.2. The van der Waals surface area contributed by atoms with Crippen molar-refractivity contribution in [3.63, 3.8) is 0 Å². The number of benzene rings is 2. The molecular weight excluding hydrogens is 432 g/mol. The van der Waals surface area contributed by atoms with Crippen molar-refractivity contribution in [3.8, 4) is 0 Å². The van der Waals surface area contributed by atoms with Gasteiger partial charge in [0.1, 0.15) is 11.6 Å². The lowest BCUT2D eigenvalue weighted by molar-refractivity contribution is -0.159. The van der Waals surface area contributed by atoms with Crippen LogP contribution in [0.15, 0.2) is 30.3 Å². The molecular formula is C25H31F2NO5. The van der Waals surface area contributed by atoms with E-state index < -0.39 is 23.6 Å². The molecule has 1 atom stereocenters. The lowest BCUT2D eigenvalue weighted by Crippen LogP contribution is -2.27. The minimum atomic E-state index is -1.82. The lowest BCUT2D eigenvalue weighted by atomic mass is 9.89. The molecule has 0 aliphatic heterocycles. The van der Waals surface area contributed by atoms with E-state index in [4.69, 9.17) is 24.5 Å². The molecule has 33 heavy (non-hydrogen) atoms. The Morgan fingerprint density at radius 3 is 2.09 bits per heavy atom. The molecule has 3 rings (SSSR count). The van der Waals surface area contributed by atoms with Gasteiger partial charge >= 0.3 is 11.9 Å². The fraction of sp³-hybridized carbons (Fsp3) is 0.440. The van der Waals surface area contributed by atoms with Crippen molar-refractivity contribution < 1.29 is 33.3 Å². The summed E-state index contributed by atoms with van der Waals surface area (Å²) >= 11 is 0. The van der Waals surface area contributed by atoms with E-state index in [-0.39, 0.29) is 18.1 Å². The Labute approximate surface area is 192 Å². The van der Waals surface area contributed by atoms with E-state index >= 15 is 0 Å². The number of hydrogen-bond acceptors (Lipinski definition) is 4. The quantitative estimate of drug-likeness (QED) is 0.479. The maximum Gasteiger partial charge on any atom is 0.414 e. The van der Waals surface area contributed by atoms with Crippen molar-refractivity contribution >= 4 is 11.9 Å². The predicted molar refractivity (Wildman–Crippen MR) is 120 cm³/mol. The smallest absolute Gasteiger partial charge is 0.414 e. The van der Waals surface area contributed by atoms with Crippen LogP contribution in [0.3, 0.4) is 0 Å². The number of ether oxygens (including phenoxy) is 1. The predicted octanol–water partition coefficient (Wildman–Crippen LogP) is 4.35. The lowest BCUT2D eigenvalue weighted by Gasteiger charge is -2.23. The molecule has 1 aliphatic carbocycles. The summed E-state index contributed by atoms with van der Waals surface area (Å²) in [5.41, 5.74) is 5.00. The van der Waals surface area contributed by atoms with E-state index in [1.54, 1.807) is 0 Å². The number of rotatable bonds is 9. The van der Waals surface area contributed by atoms with Gasteiger partial charge in [0.2, 0.25) is 0 Å². The number of carbonyl (C=O) groups is 2. The van der Waals surface area contributed by atoms with E-state index in [1.807, 2.05) is 0 Å². The van der Waals surface area contributed by atoms with E-state index in [9.17, 15) is 8.78 Å². The summed E-state index contributed by atoms with van der Waals surface area (Å²) in [7, 11) is 0. The molecule has 1 aliphatic rings. The summed E-state index contributed by atoms with van der Waals surface area (Å²) in [4.78, 5) is 18.2. The minimum Gasteiger partial charge on any atom is -0.473 e. The van der Waals surface area contributed by atoms with E-state index in [1.165, 1.54) is 53.3 Å². The number of carboxylic acids is 2. The van der Waals surface area contributed by atoms with Gasteiger partial charge in [0.05, 0.1) is 13.2 Å². The third kappa shape index (κ3) is 8.55. The second-order valence-corrected chi connectivity index (χ2v) is 8.44. The summed E-state index contributed by atoms with van der Waals surface area (Å²) in [6, 6.07) is 8.28. The zero-order valence-electron chi connectivity index (χ0n) is 19.2. The van der Waals surface area contributed by atoms with Crippen molar-refractivity contribution in [3.05, 3.63) is 69.8 Å². The largest absolute Gasteiger partial charge is 0.473 e. The molecule has 0 spiro atoms. The summed E-state index contributed by atoms with van der Waals surface area (Å²) < 4.78 is 33.5. The molecule has 3 N–H and O–H groups in total. The van der Waals surface area contributed by atoms with Crippen LogP contribution in [0.2, 0.25) is 0 Å². The molecule has 1 fully saturated rings. The highest BCUT2D eigenvalue weighted by Gasteiger charge is 2.23. The number of nitrogens with one attached hydrogen (secondary N) is 1. The number of halogens is 2. The van der Waals surface area contributed by atoms with Gasteiger partial charge in [-0.25, -0.2) is 18.4 Å². The maximum atomic E-state index is 13.8. The fourth-order valence-electron chi connectivity index (χ4n) is 3.84. The Balaban J connectivity index is 0.000000569. The van der Waals surface area contributed by atoms with Crippen LogP contribution in [0.25, 0.3) is 0 Å². The van der Waals surface area contributed by atoms with Crippen molar-refractivity contribution in [2.75, 3.05) is 19.7 Å². The molecule has 0 bridgehead atoms. The first-order valence-electron chi connectivity index (χ1n) is 10.9. The molecule has 0 saturated heterocycles. The first kappa shape index (κ1) is 26.4. The highest BCUT2D eigenvalue weighted by atomic mass is 19.1. The molecule has 8 heteroatoms. The summed E-state index contributed by atoms with van der Waals surface area (Å²) in [6.45, 7) is 8.56. The normalized spacial score (nSPS) is 13.7. The zero-order chi connectivity index (χ0) is 24.5. The highest BCUT2D eigenvalue weighted by molar-refractivity contribution is 6.27. The average molecular weight is 464 g/mol. The van der Waals surface area contributed by atoms with E-state index in [0.29, 0.717) is 6.61 Å². The van der Waals surface area contributed by atoms with Crippen LogP contribution in [0.5, 0.6) is 0 Å². The van der Waals surface area contributed by atoms with Crippen molar-refractivity contribution in [1.82, 2.24) is 5.32 Å². The monoisotopic (exact) mass is 463 g/mol. The highest BCUT2D eigenvalue weighted by Crippen LogP contribution is 2.29. The number of aryl methyl sites for hydroxylation is 3. The molecule has 180 valence electrons. The van der Waals surface area contributed by atoms with Gasteiger partial charge < -0.3 is 20.3 Å². The van der Waals surface area contributed by atoms with Crippen LogP contribution in [0.1, 0.15) is 46.6 Å². The third-order valence-electron chi connectivity index (χ3n) is 5.48. The first-order valence-corrected chi connectivity index (χ1v) is 10.9. The summed E-state index contributed by atoms with van der Waals surface area (Å²) in [5.74, 6) is -3.80. The molecule has 0 radical (unpaired) electrons. The van der Waals surface area contributed by atoms with Gasteiger partial charge in [0, 0.05) is 18.0 Å². The van der Waals surface area contributed by atoms with Gasteiger partial charge in [-0.2, -0.15) is 0 Å². The van der Waals surface area contributed by atoms with Gasteiger partial charge in [-0.15, -0.1) is 0 Å². The molecule has 1 saturated carbocycles. The van der Waals surface area contributed by atoms with Crippen LogP contribution in [-0.2, 0) is 20.9 Å². The minimum absolute atomic E-state index is 0.000426. The third-order valence-corrected chi connectivity index (χ3v) is 5.48. The van der Waals surface area contributed by atoms with Crippen LogP contribution in [0, 0.1) is 38.3 Å². The molecule has 2 aromatic rings. The van der Waals surface area contributed by atoms with Crippen molar-refractivity contribution in [2.45, 2.75) is 46.1 Å². The molecule has 1 unspecified atom stereocenters. The topological polar surface area (TPSA) is 95.9 Å². The Morgan fingerprint density at radius 2 is 1.61 bits per heavy atom. The number of hydrogen-bond donors (Lipinski definition) is 3. The standard InChI is InChI=1S/C23H29F2NO.C2H2O4/c1-15-9-16(2)23(17(3)10-15)19(12-26-11-18-7-8-18)13-27-14-20-21(24)5-4-6-22(20)25;3-1(4)2(5)6/h4-6,9-10,18-19,26H,7-8,11-14H2,1-3H3;(H,3,4)(H,5,6). The second kappa shape index (κ2) is 12.4. The van der Waals surface area contributed by atoms with Gasteiger partial charge in [0.15, 0.2) is 0 Å². The van der Waals surface area contributed by atoms with E-state index in [0.717, 1.165) is 19.0 Å². The Bertz CT molecular complexity index is 920.